The van der Waals surface area contributed by atoms with E-state index in [1.807, 2.05) is 0 Å². The van der Waals surface area contributed by atoms with Crippen molar-refractivity contribution in [1.29, 1.82) is 0 Å². The summed E-state index contributed by atoms with van der Waals surface area (Å²) in [5, 5.41) is 8.19. The lowest BCUT2D eigenvalue weighted by Gasteiger charge is -2.14. The number of hydrogen-bond acceptors (Lipinski definition) is 2. The number of aliphatic hydroxyl groups is 1. The van der Waals surface area contributed by atoms with E-state index in [0.29, 0.717) is 0 Å². The van der Waals surface area contributed by atoms with Crippen molar-refractivity contribution in [3.05, 3.63) is 0 Å². The Bertz CT molecular complexity index is 118. The fourth-order valence-corrected chi connectivity index (χ4v) is 0.438. The van der Waals surface area contributed by atoms with Crippen molar-refractivity contribution in [1.82, 2.24) is 0 Å². The van der Waals surface area contributed by atoms with Crippen molar-refractivity contribution in [3.8, 4) is 0 Å². The van der Waals surface area contributed by atoms with E-state index in [2.05, 4.69) is 4.74 Å². The van der Waals surface area contributed by atoms with E-state index in [1.165, 1.54) is 0 Å². The van der Waals surface area contributed by atoms with Crippen LogP contribution in [0, 0.1) is 0 Å². The highest BCUT2D eigenvalue weighted by Crippen LogP contribution is 2.22. The van der Waals surface area contributed by atoms with Crippen LogP contribution in [0.3, 0.4) is 0 Å². The quantitative estimate of drug-likeness (QED) is 0.505. The molecule has 0 bridgehead atoms. The van der Waals surface area contributed by atoms with Crippen LogP contribution in [0.15, 0.2) is 0 Å². The van der Waals surface area contributed by atoms with Crippen molar-refractivity contribution in [3.63, 3.8) is 0 Å². The van der Waals surface area contributed by atoms with Crippen LogP contribution in [0.2, 0.25) is 0 Å². The van der Waals surface area contributed by atoms with Gasteiger partial charge in [-0.25, -0.2) is 8.78 Å². The maximum atomic E-state index is 12.0. The predicted octanol–water partition coefficient (Wildman–Crippen LogP) is 1.29. The molecule has 0 unspecified atom stereocenters. The molecule has 0 aromatic carbocycles. The van der Waals surface area contributed by atoms with Crippen LogP contribution >= 0.6 is 0 Å². The second-order valence-electron chi connectivity index (χ2n) is 2.19. The fraction of sp³-hybridized carbons (Fsp3) is 1.00. The van der Waals surface area contributed by atoms with E-state index in [0.717, 1.165) is 0 Å². The minimum Gasteiger partial charge on any atom is -0.396 e. The molecule has 0 radical (unpaired) electrons. The number of alkyl halides is 4. The average molecular weight is 190 g/mol. The van der Waals surface area contributed by atoms with Crippen molar-refractivity contribution in [2.75, 3.05) is 19.8 Å². The first-order valence-electron chi connectivity index (χ1n) is 3.35. The summed E-state index contributed by atoms with van der Waals surface area (Å²) >= 11 is 0. The minimum absolute atomic E-state index is 0.140. The van der Waals surface area contributed by atoms with E-state index < -0.39 is 19.0 Å². The monoisotopic (exact) mass is 190 g/mol. The first kappa shape index (κ1) is 11.6. The molecule has 12 heavy (non-hydrogen) atoms. The molecule has 0 rings (SSSR count). The van der Waals surface area contributed by atoms with Crippen molar-refractivity contribution in [2.24, 2.45) is 0 Å². The van der Waals surface area contributed by atoms with Crippen molar-refractivity contribution < 1.29 is 27.4 Å². The lowest BCUT2D eigenvalue weighted by molar-refractivity contribution is -0.166. The van der Waals surface area contributed by atoms with Gasteiger partial charge in [0.1, 0.15) is 6.61 Å². The molecule has 0 saturated heterocycles. The number of halogens is 4. The molecule has 2 nitrogen and oxygen atoms in total. The third-order valence-corrected chi connectivity index (χ3v) is 1.06. The molecule has 0 aromatic heterocycles. The highest BCUT2D eigenvalue weighted by molar-refractivity contribution is 4.67. The zero-order valence-electron chi connectivity index (χ0n) is 6.27. The fourth-order valence-electron chi connectivity index (χ4n) is 0.438. The number of hydrogen-bond donors (Lipinski definition) is 1. The van der Waals surface area contributed by atoms with Gasteiger partial charge in [0, 0.05) is 13.2 Å². The van der Waals surface area contributed by atoms with Crippen LogP contribution in [0.25, 0.3) is 0 Å². The highest BCUT2D eigenvalue weighted by Gasteiger charge is 2.40. The van der Waals surface area contributed by atoms with Gasteiger partial charge in [0.25, 0.3) is 0 Å². The third kappa shape index (κ3) is 4.50. The van der Waals surface area contributed by atoms with Gasteiger partial charge in [-0.15, -0.1) is 0 Å². The summed E-state index contributed by atoms with van der Waals surface area (Å²) in [5.74, 6) is -4.09. The van der Waals surface area contributed by atoms with E-state index in [1.54, 1.807) is 0 Å². The molecule has 0 amide bonds. The molecule has 0 saturated carbocycles. The maximum Gasteiger partial charge on any atom is 0.330 e. The molecule has 0 aromatic rings. The largest absolute Gasteiger partial charge is 0.396 e. The van der Waals surface area contributed by atoms with Gasteiger partial charge in [-0.1, -0.05) is 0 Å². The summed E-state index contributed by atoms with van der Waals surface area (Å²) in [7, 11) is 0. The minimum atomic E-state index is -4.09. The number of rotatable bonds is 6. The summed E-state index contributed by atoms with van der Waals surface area (Å²) < 4.78 is 51.2. The topological polar surface area (TPSA) is 29.5 Å². The van der Waals surface area contributed by atoms with Crippen LogP contribution in [-0.2, 0) is 4.74 Å². The second kappa shape index (κ2) is 5.31. The molecule has 0 aliphatic carbocycles. The summed E-state index contributed by atoms with van der Waals surface area (Å²) in [6.45, 7) is -1.65. The van der Waals surface area contributed by atoms with Crippen LogP contribution in [0.4, 0.5) is 17.6 Å². The Morgan fingerprint density at radius 2 is 1.92 bits per heavy atom. The third-order valence-electron chi connectivity index (χ3n) is 1.06. The summed E-state index contributed by atoms with van der Waals surface area (Å²) in [6.07, 6.45) is -3.54. The van der Waals surface area contributed by atoms with Crippen LogP contribution in [0.5, 0.6) is 0 Å². The molecular weight excluding hydrogens is 180 g/mol. The molecule has 6 heteroatoms. The molecule has 0 heterocycles. The Balaban J connectivity index is 3.47. The highest BCUT2D eigenvalue weighted by atomic mass is 19.3. The molecule has 1 N–H and O–H groups in total. The first-order valence-corrected chi connectivity index (χ1v) is 3.35. The Morgan fingerprint density at radius 1 is 1.33 bits per heavy atom. The molecule has 0 atom stereocenters. The van der Waals surface area contributed by atoms with Gasteiger partial charge in [-0.05, 0) is 6.42 Å². The van der Waals surface area contributed by atoms with Gasteiger partial charge in [0.2, 0.25) is 0 Å². The van der Waals surface area contributed by atoms with E-state index in [-0.39, 0.29) is 19.6 Å². The summed E-state index contributed by atoms with van der Waals surface area (Å²) in [4.78, 5) is 0. The van der Waals surface area contributed by atoms with Crippen molar-refractivity contribution >= 4 is 0 Å². The normalized spacial score (nSPS) is 12.5. The van der Waals surface area contributed by atoms with Gasteiger partial charge < -0.3 is 9.84 Å². The van der Waals surface area contributed by atoms with Gasteiger partial charge >= 0.3 is 12.3 Å². The lowest BCUT2D eigenvalue weighted by Crippen LogP contribution is -2.32. The van der Waals surface area contributed by atoms with E-state index >= 15 is 0 Å². The van der Waals surface area contributed by atoms with Gasteiger partial charge in [-0.2, -0.15) is 8.78 Å². The van der Waals surface area contributed by atoms with E-state index in [4.69, 9.17) is 5.11 Å². The van der Waals surface area contributed by atoms with Crippen LogP contribution in [0.1, 0.15) is 6.42 Å². The van der Waals surface area contributed by atoms with Gasteiger partial charge in [-0.3, -0.25) is 0 Å². The zero-order valence-corrected chi connectivity index (χ0v) is 6.27. The number of aliphatic hydroxyl groups excluding tert-OH is 1. The average Bonchev–Trinajstić information content (AvgIpc) is 1.98. The Labute approximate surface area is 67.1 Å². The van der Waals surface area contributed by atoms with Gasteiger partial charge in [0.15, 0.2) is 0 Å². The SMILES string of the molecule is OCCCOCC(F)(F)C(F)F. The zero-order chi connectivity index (χ0) is 9.61. The predicted molar refractivity (Wildman–Crippen MR) is 33.5 cm³/mol. The Kier molecular flexibility index (Phi) is 5.16. The lowest BCUT2D eigenvalue weighted by atomic mass is 10.4. The molecule has 74 valence electrons. The molecule has 0 spiro atoms. The second-order valence-corrected chi connectivity index (χ2v) is 2.19. The molecule has 0 aliphatic rings. The molecule has 0 fully saturated rings. The molecule has 0 aliphatic heterocycles. The maximum absolute atomic E-state index is 12.0. The molecular formula is C6H10F4O2. The van der Waals surface area contributed by atoms with Crippen LogP contribution < -0.4 is 0 Å². The van der Waals surface area contributed by atoms with Crippen LogP contribution in [-0.4, -0.2) is 37.3 Å². The summed E-state index contributed by atoms with van der Waals surface area (Å²) in [6, 6.07) is 0. The smallest absolute Gasteiger partial charge is 0.330 e. The number of ether oxygens (including phenoxy) is 1. The standard InChI is InChI=1S/C6H10F4O2/c7-5(8)6(9,10)4-12-3-1-2-11/h5,11H,1-4H2. The first-order chi connectivity index (χ1) is 5.50. The Morgan fingerprint density at radius 3 is 2.33 bits per heavy atom. The van der Waals surface area contributed by atoms with E-state index in [9.17, 15) is 17.6 Å². The summed E-state index contributed by atoms with van der Waals surface area (Å²) in [5.41, 5.74) is 0. The van der Waals surface area contributed by atoms with Gasteiger partial charge in [0.05, 0.1) is 0 Å². The van der Waals surface area contributed by atoms with Crippen molar-refractivity contribution in [2.45, 2.75) is 18.8 Å². The Hall–Kier alpha value is -0.360.